The van der Waals surface area contributed by atoms with Gasteiger partial charge >= 0.3 is 0 Å². The summed E-state index contributed by atoms with van der Waals surface area (Å²) in [5.74, 6) is 2.08. The van der Waals surface area contributed by atoms with Gasteiger partial charge in [-0.1, -0.05) is 44.6 Å². The maximum Gasteiger partial charge on any atom is 0.169 e. The Labute approximate surface area is 211 Å². The van der Waals surface area contributed by atoms with E-state index in [0.29, 0.717) is 43.0 Å². The van der Waals surface area contributed by atoms with Crippen LogP contribution in [0.3, 0.4) is 0 Å². The Morgan fingerprint density at radius 3 is 2.43 bits per heavy atom. The lowest BCUT2D eigenvalue weighted by atomic mass is 9.45. The summed E-state index contributed by atoms with van der Waals surface area (Å²) in [7, 11) is 1.67. The molecule has 0 radical (unpaired) electrons. The average molecular weight is 481 g/mol. The van der Waals surface area contributed by atoms with Gasteiger partial charge in [0.25, 0.3) is 0 Å². The van der Waals surface area contributed by atoms with Gasteiger partial charge in [0.1, 0.15) is 11.5 Å². The lowest BCUT2D eigenvalue weighted by Crippen LogP contribution is -2.55. The Kier molecular flexibility index (Phi) is 6.24. The number of hydrogen-bond donors (Lipinski definition) is 1. The van der Waals surface area contributed by atoms with E-state index >= 15 is 0 Å². The third-order valence-electron chi connectivity index (χ3n) is 11.4. The van der Waals surface area contributed by atoms with E-state index in [9.17, 15) is 9.90 Å². The standard InChI is InChI=1S/C31H44O4/c1-6-30(21(2)32)16-14-27-25-12-9-23-19-31(33,35-20-22-7-10-24(34-5)11-8-22)18-17-28(23,3)26(25)13-15-29(27,30)4/h7-11,25-27,33H,6,12-20H2,1-5H3/t25?,26?,27?,28-,29-,30+,31-/m0/s1. The third kappa shape index (κ3) is 3.73. The highest BCUT2D eigenvalue weighted by Gasteiger charge is 2.65. The number of benzene rings is 1. The summed E-state index contributed by atoms with van der Waals surface area (Å²) >= 11 is 0. The van der Waals surface area contributed by atoms with Crippen molar-refractivity contribution in [3.8, 4) is 5.75 Å². The van der Waals surface area contributed by atoms with Gasteiger partial charge in [0, 0.05) is 18.3 Å². The molecule has 7 atom stereocenters. The van der Waals surface area contributed by atoms with E-state index in [1.807, 2.05) is 31.2 Å². The Hall–Kier alpha value is -1.65. The molecule has 3 fully saturated rings. The van der Waals surface area contributed by atoms with Crippen molar-refractivity contribution >= 4 is 5.78 Å². The van der Waals surface area contributed by atoms with Gasteiger partial charge in [0.05, 0.1) is 13.7 Å². The van der Waals surface area contributed by atoms with Crippen molar-refractivity contribution in [1.29, 1.82) is 0 Å². The number of carbonyl (C=O) groups is 1. The molecule has 35 heavy (non-hydrogen) atoms. The molecule has 4 aliphatic rings. The fourth-order valence-electron chi connectivity index (χ4n) is 9.22. The molecule has 0 saturated heterocycles. The van der Waals surface area contributed by atoms with E-state index in [1.54, 1.807) is 7.11 Å². The summed E-state index contributed by atoms with van der Waals surface area (Å²) in [6, 6.07) is 7.86. The molecule has 0 spiro atoms. The largest absolute Gasteiger partial charge is 0.497 e. The summed E-state index contributed by atoms with van der Waals surface area (Å²) in [5, 5.41) is 11.4. The number of aliphatic hydroxyl groups is 1. The van der Waals surface area contributed by atoms with Crippen LogP contribution in [0, 0.1) is 34.0 Å². The molecule has 0 aliphatic heterocycles. The molecule has 0 heterocycles. The summed E-state index contributed by atoms with van der Waals surface area (Å²) in [6.07, 6.45) is 11.4. The molecule has 1 N–H and O–H groups in total. The molecule has 0 amide bonds. The van der Waals surface area contributed by atoms with Crippen LogP contribution in [0.1, 0.15) is 91.0 Å². The van der Waals surface area contributed by atoms with Crippen molar-refractivity contribution < 1.29 is 19.4 Å². The number of fused-ring (bicyclic) bond motifs is 5. The SMILES string of the molecule is CC[C@]1(C(C)=O)CCC2C3CC=C4C[C@@](O)(OCc5ccc(OC)cc5)CC[C@]4(C)C3CC[C@@]21C. The van der Waals surface area contributed by atoms with Gasteiger partial charge in [-0.25, -0.2) is 0 Å². The van der Waals surface area contributed by atoms with Gasteiger partial charge in [-0.3, -0.25) is 4.79 Å². The summed E-state index contributed by atoms with van der Waals surface area (Å²) in [4.78, 5) is 12.9. The van der Waals surface area contributed by atoms with Gasteiger partial charge < -0.3 is 14.6 Å². The smallest absolute Gasteiger partial charge is 0.169 e. The van der Waals surface area contributed by atoms with Gasteiger partial charge in [-0.05, 0) is 98.1 Å². The molecule has 1 aromatic rings. The summed E-state index contributed by atoms with van der Waals surface area (Å²) < 4.78 is 11.4. The van der Waals surface area contributed by atoms with Gasteiger partial charge in [-0.2, -0.15) is 0 Å². The quantitative estimate of drug-likeness (QED) is 0.357. The van der Waals surface area contributed by atoms with Crippen LogP contribution >= 0.6 is 0 Å². The van der Waals surface area contributed by atoms with Crippen molar-refractivity contribution in [2.24, 2.45) is 34.0 Å². The number of allylic oxidation sites excluding steroid dienone is 1. The van der Waals surface area contributed by atoms with Crippen LogP contribution in [0.25, 0.3) is 0 Å². The number of hydrogen-bond acceptors (Lipinski definition) is 4. The number of ketones is 1. The normalized spacial score (nSPS) is 42.5. The zero-order valence-electron chi connectivity index (χ0n) is 22.4. The molecular formula is C31H44O4. The van der Waals surface area contributed by atoms with E-state index in [2.05, 4.69) is 26.8 Å². The molecule has 192 valence electrons. The summed E-state index contributed by atoms with van der Waals surface area (Å²) in [6.45, 7) is 9.38. The highest BCUT2D eigenvalue weighted by atomic mass is 16.6. The number of carbonyl (C=O) groups excluding carboxylic acids is 1. The van der Waals surface area contributed by atoms with E-state index in [-0.39, 0.29) is 16.2 Å². The van der Waals surface area contributed by atoms with Crippen LogP contribution in [0.2, 0.25) is 0 Å². The molecule has 5 rings (SSSR count). The zero-order chi connectivity index (χ0) is 25.1. The highest BCUT2D eigenvalue weighted by molar-refractivity contribution is 5.83. The first kappa shape index (κ1) is 25.0. The maximum atomic E-state index is 12.9. The predicted molar refractivity (Wildman–Crippen MR) is 138 cm³/mol. The van der Waals surface area contributed by atoms with Crippen LogP contribution in [0.15, 0.2) is 35.9 Å². The lowest BCUT2D eigenvalue weighted by Gasteiger charge is -2.60. The first-order valence-electron chi connectivity index (χ1n) is 13.8. The molecule has 0 aromatic heterocycles. The number of Topliss-reactive ketones (excluding diaryl/α,β-unsaturated/α-hetero) is 1. The molecular weight excluding hydrogens is 436 g/mol. The van der Waals surface area contributed by atoms with Crippen molar-refractivity contribution in [3.05, 3.63) is 41.5 Å². The Bertz CT molecular complexity index is 998. The number of rotatable bonds is 6. The predicted octanol–water partition coefficient (Wildman–Crippen LogP) is 6.85. The van der Waals surface area contributed by atoms with E-state index in [0.717, 1.165) is 43.4 Å². The lowest BCUT2D eigenvalue weighted by molar-refractivity contribution is -0.231. The Morgan fingerprint density at radius 1 is 1.06 bits per heavy atom. The second-order valence-electron chi connectivity index (χ2n) is 12.5. The van der Waals surface area contributed by atoms with Crippen molar-refractivity contribution in [3.63, 3.8) is 0 Å². The van der Waals surface area contributed by atoms with Crippen LogP contribution < -0.4 is 4.74 Å². The van der Waals surface area contributed by atoms with Crippen LogP contribution in [-0.4, -0.2) is 23.8 Å². The minimum absolute atomic E-state index is 0.129. The molecule has 3 unspecified atom stereocenters. The van der Waals surface area contributed by atoms with Gasteiger partial charge in [-0.15, -0.1) is 0 Å². The topological polar surface area (TPSA) is 55.8 Å². The molecule has 4 nitrogen and oxygen atoms in total. The highest BCUT2D eigenvalue weighted by Crippen LogP contribution is 2.70. The Morgan fingerprint density at radius 2 is 1.77 bits per heavy atom. The number of methoxy groups -OCH3 is 1. The summed E-state index contributed by atoms with van der Waals surface area (Å²) in [5.41, 5.74) is 2.58. The van der Waals surface area contributed by atoms with E-state index in [1.165, 1.54) is 18.4 Å². The van der Waals surface area contributed by atoms with Gasteiger partial charge in [0.15, 0.2) is 5.79 Å². The Balaban J connectivity index is 1.33. The molecule has 3 saturated carbocycles. The van der Waals surface area contributed by atoms with E-state index < -0.39 is 5.79 Å². The second-order valence-corrected chi connectivity index (χ2v) is 12.5. The molecule has 1 aromatic carbocycles. The monoisotopic (exact) mass is 480 g/mol. The zero-order valence-corrected chi connectivity index (χ0v) is 22.4. The maximum absolute atomic E-state index is 12.9. The van der Waals surface area contributed by atoms with Crippen molar-refractivity contribution in [2.45, 2.75) is 97.9 Å². The van der Waals surface area contributed by atoms with Crippen LogP contribution in [0.5, 0.6) is 5.75 Å². The fourth-order valence-corrected chi connectivity index (χ4v) is 9.22. The first-order chi connectivity index (χ1) is 16.6. The van der Waals surface area contributed by atoms with Crippen molar-refractivity contribution in [1.82, 2.24) is 0 Å². The fraction of sp³-hybridized carbons (Fsp3) is 0.710. The minimum Gasteiger partial charge on any atom is -0.497 e. The molecule has 0 bridgehead atoms. The average Bonchev–Trinajstić information content (AvgIpc) is 3.17. The molecule has 4 heteroatoms. The van der Waals surface area contributed by atoms with Crippen LogP contribution in [-0.2, 0) is 16.1 Å². The second kappa shape index (κ2) is 8.73. The third-order valence-corrected chi connectivity index (χ3v) is 11.4. The first-order valence-corrected chi connectivity index (χ1v) is 13.8. The van der Waals surface area contributed by atoms with Crippen LogP contribution in [0.4, 0.5) is 0 Å². The molecule has 4 aliphatic carbocycles. The number of ether oxygens (including phenoxy) is 2. The minimum atomic E-state index is -1.10. The van der Waals surface area contributed by atoms with Crippen molar-refractivity contribution in [2.75, 3.05) is 7.11 Å². The van der Waals surface area contributed by atoms with Gasteiger partial charge in [0.2, 0.25) is 0 Å². The van der Waals surface area contributed by atoms with E-state index in [4.69, 9.17) is 9.47 Å².